The van der Waals surface area contributed by atoms with Gasteiger partial charge in [0.15, 0.2) is 40.0 Å². The number of sulfone groups is 1. The molecule has 24 N–H and O–H groups in total. The second-order valence-corrected chi connectivity index (χ2v) is 36.5. The first kappa shape index (κ1) is 95.1. The number of thiophene rings is 1. The summed E-state index contributed by atoms with van der Waals surface area (Å²) in [5.41, 5.74) is 8.66. The Labute approximate surface area is 743 Å². The van der Waals surface area contributed by atoms with Crippen LogP contribution in [0.4, 0.5) is 0 Å². The third kappa shape index (κ3) is 20.7. The van der Waals surface area contributed by atoms with Crippen molar-refractivity contribution in [2.75, 3.05) is 26.5 Å². The Kier molecular flexibility index (Phi) is 29.0. The van der Waals surface area contributed by atoms with Crippen LogP contribution < -0.4 is 68.2 Å². The van der Waals surface area contributed by atoms with Crippen molar-refractivity contribution in [3.8, 4) is 67.6 Å². The number of halogens is 2. The van der Waals surface area contributed by atoms with Crippen LogP contribution in [0.5, 0.6) is 46.0 Å². The molecule has 23 atom stereocenters. The molecule has 8 aliphatic rings. The molecule has 8 aliphatic heterocycles. The van der Waals surface area contributed by atoms with E-state index in [1.165, 1.54) is 56.5 Å². The van der Waals surface area contributed by atoms with Gasteiger partial charge in [-0.15, -0.1) is 11.3 Å². The zero-order chi connectivity index (χ0) is 92.7. The molecule has 688 valence electrons. The summed E-state index contributed by atoms with van der Waals surface area (Å²) in [6.07, 6.45) is -28.4. The van der Waals surface area contributed by atoms with Crippen LogP contribution in [-0.4, -0.2) is 253 Å². The minimum Gasteiger partial charge on any atom is -0.508 e. The molecular formula is C84H96Cl2N10O30S2. The van der Waals surface area contributed by atoms with E-state index in [-0.39, 0.29) is 47.9 Å². The number of ether oxygens (including phenoxy) is 8. The number of aromatic hydroxyl groups is 3. The number of rotatable bonds is 21. The number of aliphatic hydroxyl groups excluding tert-OH is 8. The number of aliphatic carboxylic acids is 1. The van der Waals surface area contributed by atoms with Crippen LogP contribution in [0.3, 0.4) is 0 Å². The van der Waals surface area contributed by atoms with Crippen molar-refractivity contribution in [2.24, 2.45) is 17.4 Å². The zero-order valence-electron chi connectivity index (χ0n) is 68.9. The van der Waals surface area contributed by atoms with Gasteiger partial charge in [-0.1, -0.05) is 67.4 Å². The van der Waals surface area contributed by atoms with Gasteiger partial charge in [-0.25, -0.2) is 13.2 Å². The summed E-state index contributed by atoms with van der Waals surface area (Å²) >= 11 is 15.9. The minimum atomic E-state index is -3.46. The van der Waals surface area contributed by atoms with Crippen molar-refractivity contribution in [3.63, 3.8) is 0 Å². The number of hydrogen-bond donors (Lipinski definition) is 22. The van der Waals surface area contributed by atoms with E-state index >= 15 is 24.0 Å². The summed E-state index contributed by atoms with van der Waals surface area (Å²) in [5, 5.41) is 159. The monoisotopic (exact) mass is 1860 g/mol. The maximum absolute atomic E-state index is 16.4. The molecule has 3 saturated heterocycles. The van der Waals surface area contributed by atoms with Gasteiger partial charge in [0.1, 0.15) is 120 Å². The average Bonchev–Trinajstić information content (AvgIpc) is 0.827. The van der Waals surface area contributed by atoms with Gasteiger partial charge < -0.3 is 153 Å². The zero-order valence-corrected chi connectivity index (χ0v) is 72.1. The summed E-state index contributed by atoms with van der Waals surface area (Å²) in [6.45, 7) is 5.32. The predicted molar refractivity (Wildman–Crippen MR) is 449 cm³/mol. The molecule has 0 unspecified atom stereocenters. The topological polar surface area (TPSA) is 636 Å². The molecule has 7 amide bonds. The molecule has 0 saturated carbocycles. The van der Waals surface area contributed by atoms with E-state index < -0.39 is 294 Å². The van der Waals surface area contributed by atoms with Crippen molar-refractivity contribution < 1.29 is 146 Å². The van der Waals surface area contributed by atoms with Gasteiger partial charge in [0.2, 0.25) is 53.4 Å². The first-order chi connectivity index (χ1) is 60.5. The predicted octanol–water partition coefficient (Wildman–Crippen LogP) is 0.860. The number of aliphatic hydroxyl groups is 8. The summed E-state index contributed by atoms with van der Waals surface area (Å²) < 4.78 is 75.4. The third-order valence-corrected chi connectivity index (χ3v) is 25.4. The van der Waals surface area contributed by atoms with Crippen molar-refractivity contribution in [1.82, 2.24) is 42.5 Å². The van der Waals surface area contributed by atoms with Gasteiger partial charge in [-0.3, -0.25) is 33.6 Å². The lowest BCUT2D eigenvalue weighted by Crippen LogP contribution is -2.65. The Hall–Kier alpha value is -10.5. The number of amides is 7. The molecule has 44 heteroatoms. The number of phenols is 3. The molecule has 128 heavy (non-hydrogen) atoms. The lowest BCUT2D eigenvalue weighted by molar-refractivity contribution is -0.350. The van der Waals surface area contributed by atoms with Gasteiger partial charge in [0.05, 0.1) is 46.2 Å². The Morgan fingerprint density at radius 3 is 1.92 bits per heavy atom. The van der Waals surface area contributed by atoms with Gasteiger partial charge in [0.25, 0.3) is 0 Å². The normalized spacial score (nSPS) is 29.5. The van der Waals surface area contributed by atoms with Crippen LogP contribution in [0.15, 0.2) is 120 Å². The number of carboxylic acids is 1. The van der Waals surface area contributed by atoms with Crippen LogP contribution in [0, 0.1) is 5.92 Å². The van der Waals surface area contributed by atoms with Crippen LogP contribution in [-0.2, 0) is 78.4 Å². The lowest BCUT2D eigenvalue weighted by Gasteiger charge is -2.46. The van der Waals surface area contributed by atoms with Crippen molar-refractivity contribution >= 4 is 91.7 Å². The SMILES string of the molecule is CN[C@H](CC(C)C)C(=O)N[C@H]1C(=O)N[C@@H](CC(N)=O)C(=O)N[C@H]2C(=O)N[C@H]3C(=O)N[C@H](C(=O)N[C@@H](C(=O)O)c4cc(O)cc(O)c4-c4cc3ccc4O)[C@H](O[C@H]3C[C@](C)(N)[C@@H](O)[C@H](C)O3)c3ccc(c(Cl)c3)Oc3cc2cc(c3O[C@@H]2O[C@H](CO)[C@@H](O[C@@H]3O[C@H](CNCc4ccc(-c5ccc(S(C)(=O)=O)cc5)s4)[C@H](O)[C@H](O)[C@H]3O)[C@H](O)[C@H]2O)Oc2ccc(cc2Cl)[C@H]1O. The second-order valence-electron chi connectivity index (χ2n) is 32.5. The Morgan fingerprint density at radius 2 is 1.30 bits per heavy atom. The van der Waals surface area contributed by atoms with Crippen LogP contribution in [0.1, 0.15) is 110 Å². The van der Waals surface area contributed by atoms with Crippen LogP contribution >= 0.6 is 34.5 Å². The van der Waals surface area contributed by atoms with E-state index in [0.717, 1.165) is 88.3 Å². The molecule has 0 radical (unpaired) electrons. The van der Waals surface area contributed by atoms with E-state index in [9.17, 15) is 84.1 Å². The minimum absolute atomic E-state index is 0.131. The van der Waals surface area contributed by atoms with Crippen molar-refractivity contribution in [2.45, 2.75) is 198 Å². The van der Waals surface area contributed by atoms with Gasteiger partial charge >= 0.3 is 5.97 Å². The van der Waals surface area contributed by atoms with Crippen LogP contribution in [0.2, 0.25) is 10.0 Å². The molecule has 40 nitrogen and oxygen atoms in total. The molecule has 1 aromatic heterocycles. The van der Waals surface area contributed by atoms with Gasteiger partial charge in [-0.2, -0.15) is 0 Å². The Balaban J connectivity index is 0.953. The number of fused-ring (bicyclic) bond motifs is 15. The van der Waals surface area contributed by atoms with Crippen LogP contribution in [0.25, 0.3) is 21.6 Å². The lowest BCUT2D eigenvalue weighted by atomic mass is 9.86. The smallest absolute Gasteiger partial charge is 0.330 e. The summed E-state index contributed by atoms with van der Waals surface area (Å²) in [6, 6.07) is 8.72. The fourth-order valence-corrected chi connectivity index (χ4v) is 17.9. The Bertz CT molecular complexity index is 5500. The maximum Gasteiger partial charge on any atom is 0.330 e. The standard InChI is InChI=1S/C84H96Cl2N10O30S2/c1-32(2)19-46(89-5)75(109)95-63-65(102)36-10-16-50(44(85)21-36)120-52-23-38-24-53(72(52)125-83-70(107)68(105)73(55(31-97)123-83)126-82-69(106)67(104)66(103)54(122-82)30-90-29-40-12-18-56(127-40)34-7-13-41(14-8-34)128(6,117)118)121-51-17-11-37(22-45(51)86)71(124-58-28-84(4,88)74(108)33(3)119-58)64-80(114)94-62(81(115)116)43-25-39(98)26-49(100)59(43)42-20-35(9-15-48(42)99)60(77(111)96-64)93-78(112)61(38)92-76(110)47(27-57(87)101)91-79(63)113/h7-18,20-26,32-33,46-47,54-55,58,60-71,73-74,82-83,89-90,97-100,102-108H,19,27-31,88H2,1-6H3,(H2,87,101)(H,91,113)(H,92,110)(H,93,112)(H,94,114)(H,95,109)(H,96,111)(H,115,116)/t33-,46+,47-,54+,55+,58-,60+,61+,62+,63+,64-,65+,66-,67-,68+,69+,70+,71+,73+,74-,82-,83-,84-/m0/s1. The highest BCUT2D eigenvalue weighted by Gasteiger charge is 2.53. The van der Waals surface area contributed by atoms with Gasteiger partial charge in [-0.05, 0) is 140 Å². The fraction of sp³-hybridized carbons (Fsp3) is 0.429. The molecule has 9 heterocycles. The molecule has 11 bridgehead atoms. The number of carboxylic acid groups (broad SMARTS) is 1. The number of nitrogens with one attached hydrogen (secondary N) is 8. The summed E-state index contributed by atoms with van der Waals surface area (Å²) in [4.78, 5) is 122. The summed E-state index contributed by atoms with van der Waals surface area (Å²) in [7, 11) is -2.01. The Morgan fingerprint density at radius 1 is 0.672 bits per heavy atom. The average molecular weight is 1860 g/mol. The number of hydrogen-bond acceptors (Lipinski definition) is 33. The number of carbonyl (C=O) groups is 8. The number of phenolic OH excluding ortho intramolecular Hbond substituents is 3. The van der Waals surface area contributed by atoms with E-state index in [4.69, 9.17) is 72.6 Å². The summed E-state index contributed by atoms with van der Waals surface area (Å²) in [5.74, 6) is -16.8. The number of nitrogens with two attached hydrogens (primary N) is 2. The molecular weight excluding hydrogens is 1760 g/mol. The first-order valence-electron chi connectivity index (χ1n) is 40.2. The number of benzene rings is 6. The molecule has 15 rings (SSSR count). The van der Waals surface area contributed by atoms with E-state index in [2.05, 4.69) is 42.5 Å². The largest absolute Gasteiger partial charge is 0.508 e. The second kappa shape index (κ2) is 39.0. The highest BCUT2D eigenvalue weighted by molar-refractivity contribution is 7.90. The first-order valence-corrected chi connectivity index (χ1v) is 43.7. The van der Waals surface area contributed by atoms with Crippen molar-refractivity contribution in [3.05, 3.63) is 158 Å². The molecule has 7 aromatic rings. The third-order valence-electron chi connectivity index (χ3n) is 22.6. The van der Waals surface area contributed by atoms with Gasteiger partial charge in [0, 0.05) is 63.8 Å². The molecule has 6 aromatic carbocycles. The number of likely N-dealkylation sites (N-methyl/N-ethyl adjacent to an activating group) is 1. The molecule has 0 aliphatic carbocycles. The highest BCUT2D eigenvalue weighted by atomic mass is 35.5. The highest BCUT2D eigenvalue weighted by Crippen LogP contribution is 2.51. The quantitative estimate of drug-likeness (QED) is 0.0474. The number of carbonyl (C=O) groups excluding carboxylic acids is 7. The molecule has 0 spiro atoms. The van der Waals surface area contributed by atoms with Crippen molar-refractivity contribution in [1.29, 1.82) is 0 Å². The number of primary amides is 1. The van der Waals surface area contributed by atoms with E-state index in [0.29, 0.717) is 0 Å². The fourth-order valence-electron chi connectivity index (χ4n) is 15.8. The van der Waals surface area contributed by atoms with E-state index in [1.807, 2.05) is 6.07 Å². The molecule has 3 fully saturated rings. The maximum atomic E-state index is 16.4. The van der Waals surface area contributed by atoms with E-state index in [1.54, 1.807) is 32.0 Å².